The third-order valence-electron chi connectivity index (χ3n) is 3.73. The predicted octanol–water partition coefficient (Wildman–Crippen LogP) is 3.78. The smallest absolute Gasteiger partial charge is 0.130 e. The van der Waals surface area contributed by atoms with Gasteiger partial charge in [-0.3, -0.25) is 4.98 Å². The first kappa shape index (κ1) is 12.5. The topological polar surface area (TPSA) is 41.6 Å². The Balaban J connectivity index is 1.87. The molecule has 0 unspecified atom stereocenters. The fourth-order valence-electron chi connectivity index (χ4n) is 2.76. The number of H-pyrrole nitrogens is 1. The van der Waals surface area contributed by atoms with Crippen LogP contribution >= 0.6 is 12.2 Å². The number of rotatable bonds is 3. The van der Waals surface area contributed by atoms with Gasteiger partial charge < -0.3 is 4.98 Å². The molecule has 1 saturated carbocycles. The second kappa shape index (κ2) is 5.61. The van der Waals surface area contributed by atoms with Gasteiger partial charge in [-0.05, 0) is 42.5 Å². The Labute approximate surface area is 118 Å². The van der Waals surface area contributed by atoms with E-state index in [1.54, 1.807) is 0 Å². The molecule has 98 valence electrons. The van der Waals surface area contributed by atoms with Gasteiger partial charge in [0.15, 0.2) is 0 Å². The SMILES string of the molecule is S=c1cc(C2CCCC2)[nH]c(Cc2ccncc2)n1. The molecule has 19 heavy (non-hydrogen) atoms. The molecule has 3 nitrogen and oxygen atoms in total. The molecule has 0 saturated heterocycles. The van der Waals surface area contributed by atoms with Gasteiger partial charge >= 0.3 is 0 Å². The van der Waals surface area contributed by atoms with Crippen molar-refractivity contribution in [2.75, 3.05) is 0 Å². The molecular formula is C15H17N3S. The van der Waals surface area contributed by atoms with E-state index in [1.807, 2.05) is 30.6 Å². The van der Waals surface area contributed by atoms with Gasteiger partial charge in [0.25, 0.3) is 0 Å². The van der Waals surface area contributed by atoms with E-state index >= 15 is 0 Å². The predicted molar refractivity (Wildman–Crippen MR) is 77.7 cm³/mol. The van der Waals surface area contributed by atoms with Gasteiger partial charge in [0, 0.05) is 24.5 Å². The number of hydrogen-bond acceptors (Lipinski definition) is 3. The summed E-state index contributed by atoms with van der Waals surface area (Å²) in [6.45, 7) is 0. The average Bonchev–Trinajstić information content (AvgIpc) is 2.93. The van der Waals surface area contributed by atoms with Gasteiger partial charge in [-0.1, -0.05) is 25.1 Å². The van der Waals surface area contributed by atoms with Gasteiger partial charge in [-0.25, -0.2) is 4.98 Å². The van der Waals surface area contributed by atoms with Crippen LogP contribution in [0.5, 0.6) is 0 Å². The van der Waals surface area contributed by atoms with Crippen LogP contribution in [-0.4, -0.2) is 15.0 Å². The summed E-state index contributed by atoms with van der Waals surface area (Å²) < 4.78 is 0.699. The number of nitrogens with zero attached hydrogens (tertiary/aromatic N) is 2. The molecule has 0 aliphatic heterocycles. The Kier molecular flexibility index (Phi) is 3.69. The van der Waals surface area contributed by atoms with Crippen LogP contribution in [0.4, 0.5) is 0 Å². The van der Waals surface area contributed by atoms with Crippen LogP contribution in [0.2, 0.25) is 0 Å². The minimum absolute atomic E-state index is 0.640. The Hall–Kier alpha value is -1.55. The van der Waals surface area contributed by atoms with E-state index < -0.39 is 0 Å². The van der Waals surface area contributed by atoms with Gasteiger partial charge in [0.1, 0.15) is 10.5 Å². The highest BCUT2D eigenvalue weighted by Crippen LogP contribution is 2.32. The summed E-state index contributed by atoms with van der Waals surface area (Å²) in [7, 11) is 0. The molecule has 0 aromatic carbocycles. The van der Waals surface area contributed by atoms with Crippen LogP contribution in [0.1, 0.15) is 48.7 Å². The van der Waals surface area contributed by atoms with Crippen molar-refractivity contribution in [2.45, 2.75) is 38.0 Å². The molecule has 1 aliphatic carbocycles. The Morgan fingerprint density at radius 3 is 2.68 bits per heavy atom. The lowest BCUT2D eigenvalue weighted by Gasteiger charge is -2.11. The van der Waals surface area contributed by atoms with Crippen LogP contribution in [-0.2, 0) is 6.42 Å². The lowest BCUT2D eigenvalue weighted by atomic mass is 10.0. The highest BCUT2D eigenvalue weighted by molar-refractivity contribution is 7.71. The summed E-state index contributed by atoms with van der Waals surface area (Å²) in [5.74, 6) is 1.60. The molecule has 0 bridgehead atoms. The first-order chi connectivity index (χ1) is 9.31. The molecule has 0 amide bonds. The molecule has 4 heteroatoms. The van der Waals surface area contributed by atoms with E-state index in [-0.39, 0.29) is 0 Å². The third kappa shape index (κ3) is 3.07. The van der Waals surface area contributed by atoms with Crippen molar-refractivity contribution in [3.05, 3.63) is 52.3 Å². The lowest BCUT2D eigenvalue weighted by Crippen LogP contribution is -2.04. The summed E-state index contributed by atoms with van der Waals surface area (Å²) in [4.78, 5) is 12.0. The average molecular weight is 271 g/mol. The zero-order valence-corrected chi connectivity index (χ0v) is 11.6. The van der Waals surface area contributed by atoms with Crippen LogP contribution in [0.3, 0.4) is 0 Å². The fraction of sp³-hybridized carbons (Fsp3) is 0.400. The van der Waals surface area contributed by atoms with Crippen molar-refractivity contribution in [2.24, 2.45) is 0 Å². The zero-order valence-electron chi connectivity index (χ0n) is 10.8. The molecule has 2 aromatic rings. The minimum atomic E-state index is 0.640. The molecular weight excluding hydrogens is 254 g/mol. The van der Waals surface area contributed by atoms with Crippen LogP contribution in [0.15, 0.2) is 30.6 Å². The second-order valence-corrected chi connectivity index (χ2v) is 5.55. The van der Waals surface area contributed by atoms with Crippen molar-refractivity contribution < 1.29 is 0 Å². The number of aromatic amines is 1. The fourth-order valence-corrected chi connectivity index (χ4v) is 3.00. The first-order valence-electron chi connectivity index (χ1n) is 6.80. The Morgan fingerprint density at radius 2 is 1.95 bits per heavy atom. The molecule has 3 rings (SSSR count). The molecule has 2 aromatic heterocycles. The highest BCUT2D eigenvalue weighted by Gasteiger charge is 2.18. The number of hydrogen-bond donors (Lipinski definition) is 1. The van der Waals surface area contributed by atoms with Gasteiger partial charge in [0.05, 0.1) is 0 Å². The molecule has 0 spiro atoms. The maximum absolute atomic E-state index is 5.30. The zero-order chi connectivity index (χ0) is 13.1. The summed E-state index contributed by atoms with van der Waals surface area (Å²) in [6, 6.07) is 6.06. The summed E-state index contributed by atoms with van der Waals surface area (Å²) in [5.41, 5.74) is 2.47. The van der Waals surface area contributed by atoms with Gasteiger partial charge in [0.2, 0.25) is 0 Å². The number of aromatic nitrogens is 3. The van der Waals surface area contributed by atoms with Crippen LogP contribution in [0.25, 0.3) is 0 Å². The first-order valence-corrected chi connectivity index (χ1v) is 7.21. The number of pyridine rings is 1. The Morgan fingerprint density at radius 1 is 1.21 bits per heavy atom. The highest BCUT2D eigenvalue weighted by atomic mass is 32.1. The quantitative estimate of drug-likeness (QED) is 0.864. The maximum atomic E-state index is 5.30. The number of nitrogens with one attached hydrogen (secondary N) is 1. The van der Waals surface area contributed by atoms with Crippen molar-refractivity contribution in [1.82, 2.24) is 15.0 Å². The van der Waals surface area contributed by atoms with Crippen LogP contribution in [0, 0.1) is 4.64 Å². The van der Waals surface area contributed by atoms with E-state index in [0.717, 1.165) is 12.2 Å². The van der Waals surface area contributed by atoms with Crippen molar-refractivity contribution >= 4 is 12.2 Å². The second-order valence-electron chi connectivity index (χ2n) is 5.14. The maximum Gasteiger partial charge on any atom is 0.130 e. The summed E-state index contributed by atoms with van der Waals surface area (Å²) in [5, 5.41) is 0. The molecule has 1 N–H and O–H groups in total. The lowest BCUT2D eigenvalue weighted by molar-refractivity contribution is 0.685. The normalized spacial score (nSPS) is 15.8. The van der Waals surface area contributed by atoms with E-state index in [2.05, 4.69) is 15.0 Å². The molecule has 1 aliphatic rings. The molecule has 2 heterocycles. The van der Waals surface area contributed by atoms with E-state index in [4.69, 9.17) is 12.2 Å². The van der Waals surface area contributed by atoms with Crippen molar-refractivity contribution in [3.63, 3.8) is 0 Å². The van der Waals surface area contributed by atoms with Crippen molar-refractivity contribution in [1.29, 1.82) is 0 Å². The largest absolute Gasteiger partial charge is 0.347 e. The van der Waals surface area contributed by atoms with E-state index in [9.17, 15) is 0 Å². The van der Waals surface area contributed by atoms with Gasteiger partial charge in [-0.15, -0.1) is 0 Å². The Bertz CT molecular complexity index is 600. The van der Waals surface area contributed by atoms with Crippen molar-refractivity contribution in [3.8, 4) is 0 Å². The van der Waals surface area contributed by atoms with Gasteiger partial charge in [-0.2, -0.15) is 0 Å². The monoisotopic (exact) mass is 271 g/mol. The minimum Gasteiger partial charge on any atom is -0.347 e. The third-order valence-corrected chi connectivity index (χ3v) is 3.94. The molecule has 1 fully saturated rings. The summed E-state index contributed by atoms with van der Waals surface area (Å²) >= 11 is 5.30. The standard InChI is InChI=1S/C15H17N3S/c19-15-10-13(12-3-1-2-4-12)17-14(18-15)9-11-5-7-16-8-6-11/h5-8,10,12H,1-4,9H2,(H,17,18,19). The van der Waals surface area contributed by atoms with Crippen LogP contribution < -0.4 is 0 Å². The van der Waals surface area contributed by atoms with E-state index in [1.165, 1.54) is 36.9 Å². The molecule has 0 atom stereocenters. The molecule has 0 radical (unpaired) electrons. The summed E-state index contributed by atoms with van der Waals surface area (Å²) in [6.07, 6.45) is 9.59. The van der Waals surface area contributed by atoms with E-state index in [0.29, 0.717) is 10.6 Å².